The predicted molar refractivity (Wildman–Crippen MR) is 143 cm³/mol. The van der Waals surface area contributed by atoms with Gasteiger partial charge in [0.2, 0.25) is 0 Å². The lowest BCUT2D eigenvalue weighted by molar-refractivity contribution is 0.547. The summed E-state index contributed by atoms with van der Waals surface area (Å²) < 4.78 is 4.51. The molecule has 0 bridgehead atoms. The molecule has 0 aliphatic carbocycles. The molecule has 0 saturated carbocycles. The number of hydrogen-bond acceptors (Lipinski definition) is 6. The van der Waals surface area contributed by atoms with Gasteiger partial charge in [0.25, 0.3) is 0 Å². The van der Waals surface area contributed by atoms with Crippen LogP contribution in [0.3, 0.4) is 0 Å². The van der Waals surface area contributed by atoms with Gasteiger partial charge in [-0.2, -0.15) is 11.1 Å². The van der Waals surface area contributed by atoms with Gasteiger partial charge in [-0.15, -0.1) is 0 Å². The minimum atomic E-state index is -0.0780. The second-order valence-corrected chi connectivity index (χ2v) is 9.74. The number of aromatic nitrogens is 4. The van der Waals surface area contributed by atoms with Gasteiger partial charge in [-0.05, 0) is 71.8 Å². The molecule has 8 nitrogen and oxygen atoms in total. The van der Waals surface area contributed by atoms with Crippen molar-refractivity contribution in [3.05, 3.63) is 93.5 Å². The number of aryl methyl sites for hydroxylation is 3. The van der Waals surface area contributed by atoms with Crippen molar-refractivity contribution in [2.24, 2.45) is 0 Å². The van der Waals surface area contributed by atoms with Gasteiger partial charge in [-0.3, -0.25) is 0 Å². The van der Waals surface area contributed by atoms with Crippen LogP contribution in [0.15, 0.2) is 54.7 Å². The number of benzene rings is 2. The Morgan fingerprint density at radius 1 is 0.972 bits per heavy atom. The van der Waals surface area contributed by atoms with E-state index in [2.05, 4.69) is 87.5 Å². The monoisotopic (exact) mass is 500 g/mol. The maximum atomic E-state index is 6.65. The van der Waals surface area contributed by atoms with Crippen LogP contribution in [-0.4, -0.2) is 19.1 Å². The largest absolute Gasteiger partial charge is 0.343 e. The Morgan fingerprint density at radius 3 is 2.61 bits per heavy atom. The van der Waals surface area contributed by atoms with Gasteiger partial charge < -0.3 is 9.13 Å². The molecule has 9 heteroatoms. The number of hydrogen-bond donors (Lipinski definition) is 4. The van der Waals surface area contributed by atoms with E-state index in [1.165, 1.54) is 22.0 Å². The zero-order valence-corrected chi connectivity index (χ0v) is 21.3. The summed E-state index contributed by atoms with van der Waals surface area (Å²) in [5.41, 5.74) is 20.8. The van der Waals surface area contributed by atoms with Gasteiger partial charge in [0.15, 0.2) is 5.65 Å². The quantitative estimate of drug-likeness (QED) is 0.276. The molecule has 0 radical (unpaired) electrons. The summed E-state index contributed by atoms with van der Waals surface area (Å²) in [6.45, 7) is 7.71. The van der Waals surface area contributed by atoms with E-state index in [0.29, 0.717) is 6.54 Å². The van der Waals surface area contributed by atoms with Crippen LogP contribution in [-0.2, 0) is 19.5 Å². The summed E-state index contributed by atoms with van der Waals surface area (Å²) >= 11 is 6.65. The summed E-state index contributed by atoms with van der Waals surface area (Å²) in [5.74, 6) is 1.06. The van der Waals surface area contributed by atoms with Crippen LogP contribution >= 0.6 is 11.6 Å². The normalized spacial score (nSPS) is 14.4. The standard InChI is InChI=1S/C27H29ClN8/c1-4-24-30-25-16(2)12-17(3)29-27(25)36(24)14-18-8-9-23-19(13-18)10-11-35(23)15-21-20(6-5-7-22(21)28)26-31-33-34-32-26/h5-13,26,31-34H,4,14-15H2,1-3H3. The number of nitrogens with zero attached hydrogens (tertiary/aromatic N) is 4. The van der Waals surface area contributed by atoms with Crippen LogP contribution in [0.1, 0.15) is 46.9 Å². The number of rotatable bonds is 6. The zero-order valence-electron chi connectivity index (χ0n) is 20.6. The highest BCUT2D eigenvalue weighted by Crippen LogP contribution is 2.28. The average molecular weight is 501 g/mol. The number of nitrogens with one attached hydrogen (secondary N) is 4. The molecule has 184 valence electrons. The van der Waals surface area contributed by atoms with E-state index in [9.17, 15) is 0 Å². The molecule has 1 saturated heterocycles. The Labute approximate surface area is 214 Å². The first-order chi connectivity index (χ1) is 17.5. The van der Waals surface area contributed by atoms with E-state index in [1.54, 1.807) is 0 Å². The Kier molecular flexibility index (Phi) is 5.99. The van der Waals surface area contributed by atoms with Crippen molar-refractivity contribution in [3.63, 3.8) is 0 Å². The lowest BCUT2D eigenvalue weighted by Gasteiger charge is -2.17. The van der Waals surface area contributed by atoms with Gasteiger partial charge >= 0.3 is 0 Å². The third kappa shape index (κ3) is 4.07. The summed E-state index contributed by atoms with van der Waals surface area (Å²) in [5, 5.41) is 1.95. The molecule has 36 heavy (non-hydrogen) atoms. The Morgan fingerprint density at radius 2 is 1.81 bits per heavy atom. The van der Waals surface area contributed by atoms with Crippen LogP contribution < -0.4 is 21.9 Å². The Hall–Kier alpha value is -3.27. The van der Waals surface area contributed by atoms with Gasteiger partial charge in [0.1, 0.15) is 17.5 Å². The highest BCUT2D eigenvalue weighted by Gasteiger charge is 2.20. The summed E-state index contributed by atoms with van der Waals surface area (Å²) in [7, 11) is 0. The maximum absolute atomic E-state index is 6.65. The Bertz CT molecular complexity index is 1580. The maximum Gasteiger partial charge on any atom is 0.160 e. The molecule has 1 aliphatic rings. The topological polar surface area (TPSA) is 83.8 Å². The SMILES string of the molecule is CCc1nc2c(C)cc(C)nc2n1Cc1ccc2c(ccn2Cc2c(Cl)cccc2C2NNNN2)c1. The molecular formula is C27H29ClN8. The molecule has 0 amide bonds. The van der Waals surface area contributed by atoms with Crippen LogP contribution in [0.5, 0.6) is 0 Å². The molecule has 2 aromatic carbocycles. The van der Waals surface area contributed by atoms with Crippen molar-refractivity contribution in [1.82, 2.24) is 41.0 Å². The molecular weight excluding hydrogens is 472 g/mol. The van der Waals surface area contributed by atoms with Crippen LogP contribution in [0.2, 0.25) is 5.02 Å². The summed E-state index contributed by atoms with van der Waals surface area (Å²) in [6, 6.07) is 16.9. The van der Waals surface area contributed by atoms with Gasteiger partial charge in [-0.25, -0.2) is 20.8 Å². The summed E-state index contributed by atoms with van der Waals surface area (Å²) in [6.07, 6.45) is 2.92. The van der Waals surface area contributed by atoms with Crippen LogP contribution in [0.25, 0.3) is 22.1 Å². The van der Waals surface area contributed by atoms with Crippen molar-refractivity contribution in [1.29, 1.82) is 0 Å². The Balaban J connectivity index is 1.33. The number of imidazole rings is 1. The molecule has 1 fully saturated rings. The molecule has 0 unspecified atom stereocenters. The molecule has 5 aromatic rings. The third-order valence-corrected chi connectivity index (χ3v) is 7.24. The molecule has 3 aromatic heterocycles. The van der Waals surface area contributed by atoms with Gasteiger partial charge in [0, 0.05) is 35.4 Å². The number of pyridine rings is 1. The van der Waals surface area contributed by atoms with Crippen LogP contribution in [0, 0.1) is 13.8 Å². The van der Waals surface area contributed by atoms with E-state index >= 15 is 0 Å². The number of halogens is 1. The molecule has 4 N–H and O–H groups in total. The van der Waals surface area contributed by atoms with Crippen molar-refractivity contribution < 1.29 is 0 Å². The first-order valence-corrected chi connectivity index (χ1v) is 12.6. The highest BCUT2D eigenvalue weighted by molar-refractivity contribution is 6.31. The highest BCUT2D eigenvalue weighted by atomic mass is 35.5. The van der Waals surface area contributed by atoms with E-state index in [1.807, 2.05) is 19.1 Å². The van der Waals surface area contributed by atoms with Crippen molar-refractivity contribution >= 4 is 33.7 Å². The molecule has 4 heterocycles. The van der Waals surface area contributed by atoms with Crippen molar-refractivity contribution in [3.8, 4) is 0 Å². The van der Waals surface area contributed by atoms with Crippen molar-refractivity contribution in [2.75, 3.05) is 0 Å². The fourth-order valence-corrected chi connectivity index (χ4v) is 5.39. The predicted octanol–water partition coefficient (Wildman–Crippen LogP) is 4.43. The lowest BCUT2D eigenvalue weighted by Crippen LogP contribution is -2.33. The first kappa shape index (κ1) is 23.1. The van der Waals surface area contributed by atoms with E-state index in [-0.39, 0.29) is 6.17 Å². The molecule has 0 spiro atoms. The zero-order chi connectivity index (χ0) is 24.8. The fourth-order valence-electron chi connectivity index (χ4n) is 5.14. The number of hydrazine groups is 3. The average Bonchev–Trinajstić information content (AvgIpc) is 3.60. The second kappa shape index (κ2) is 9.31. The minimum absolute atomic E-state index is 0.0780. The van der Waals surface area contributed by atoms with Crippen LogP contribution in [0.4, 0.5) is 0 Å². The summed E-state index contributed by atoms with van der Waals surface area (Å²) in [4.78, 5) is 9.72. The van der Waals surface area contributed by atoms with Gasteiger partial charge in [0.05, 0.1) is 6.54 Å². The smallest absolute Gasteiger partial charge is 0.160 e. The van der Waals surface area contributed by atoms with Crippen molar-refractivity contribution in [2.45, 2.75) is 46.4 Å². The van der Waals surface area contributed by atoms with E-state index < -0.39 is 0 Å². The van der Waals surface area contributed by atoms with E-state index in [4.69, 9.17) is 21.6 Å². The lowest BCUT2D eigenvalue weighted by atomic mass is 10.0. The molecule has 0 atom stereocenters. The minimum Gasteiger partial charge on any atom is -0.343 e. The third-order valence-electron chi connectivity index (χ3n) is 6.88. The molecule has 1 aliphatic heterocycles. The fraction of sp³-hybridized carbons (Fsp3) is 0.259. The van der Waals surface area contributed by atoms with Gasteiger partial charge in [-0.1, -0.05) is 36.7 Å². The number of fused-ring (bicyclic) bond motifs is 2. The van der Waals surface area contributed by atoms with E-state index in [0.717, 1.165) is 51.8 Å². The molecule has 6 rings (SSSR count). The second-order valence-electron chi connectivity index (χ2n) is 9.34. The first-order valence-electron chi connectivity index (χ1n) is 12.2.